The SMILES string of the molecule is BrC1CC2CCC1C2.Cc1ccc(-n2c(=O)[nH]c3ccc(Cl)nc32)cc1.Cc1ccc(-n2c(=O)n(C3CC4CCC3C4)c3ccc(Cl)nc32)cc1.Cc1ccc(-n2c(OC3CC4CCC3C4)nc3ccc(Cl)nc32)cc1.O=CO[O-].[Cs+].[Cs+].[H-]. The quantitative estimate of drug-likeness (QED) is 0.0562. The fourth-order valence-corrected chi connectivity index (χ4v) is 14.7. The van der Waals surface area contributed by atoms with E-state index in [-0.39, 0.29) is 163 Å². The number of aryl methyl sites for hydroxylation is 3. The van der Waals surface area contributed by atoms with Gasteiger partial charge in [0.2, 0.25) is 0 Å². The minimum atomic E-state index is -0.219. The molecule has 21 heteroatoms. The maximum Gasteiger partial charge on any atom is 1.00 e. The van der Waals surface area contributed by atoms with Crippen LogP contribution in [0.3, 0.4) is 0 Å². The number of alkyl halides is 1. The summed E-state index contributed by atoms with van der Waals surface area (Å²) in [7, 11) is 0. The fraction of sp³-hybridized carbons (Fsp3) is 0.393. The van der Waals surface area contributed by atoms with Crippen molar-refractivity contribution in [1.29, 1.82) is 0 Å². The van der Waals surface area contributed by atoms with Gasteiger partial charge in [0.25, 0.3) is 6.47 Å². The van der Waals surface area contributed by atoms with Crippen molar-refractivity contribution < 1.29 is 159 Å². The molecule has 9 aromatic rings. The van der Waals surface area contributed by atoms with Gasteiger partial charge in [-0.25, -0.2) is 38.2 Å². The number of hydrogen-bond acceptors (Lipinski definition) is 10. The molecule has 6 aliphatic carbocycles. The summed E-state index contributed by atoms with van der Waals surface area (Å²) in [6.07, 6.45) is 16.3. The molecule has 9 atom stereocenters. The van der Waals surface area contributed by atoms with Crippen molar-refractivity contribution in [2.45, 2.75) is 115 Å². The van der Waals surface area contributed by atoms with Gasteiger partial charge in [-0.15, -0.1) is 0 Å². The number of halogens is 4. The predicted octanol–water partition coefficient (Wildman–Crippen LogP) is 7.26. The summed E-state index contributed by atoms with van der Waals surface area (Å²) in [5, 5.41) is 9.67. The number of hydrogen-bond donors (Lipinski definition) is 1. The Bertz CT molecular complexity index is 3810. The maximum atomic E-state index is 13.4. The van der Waals surface area contributed by atoms with E-state index in [2.05, 4.69) is 71.9 Å². The van der Waals surface area contributed by atoms with Crippen molar-refractivity contribution in [3.8, 4) is 23.1 Å². The monoisotopic (exact) mass is 1470 g/mol. The van der Waals surface area contributed by atoms with Gasteiger partial charge in [-0.3, -0.25) is 9.36 Å². The summed E-state index contributed by atoms with van der Waals surface area (Å²) in [6, 6.07) is 35.7. The van der Waals surface area contributed by atoms with Gasteiger partial charge in [0.15, 0.2) is 16.9 Å². The van der Waals surface area contributed by atoms with E-state index in [0.717, 1.165) is 80.6 Å². The van der Waals surface area contributed by atoms with Crippen LogP contribution >= 0.6 is 50.7 Å². The zero-order chi connectivity index (χ0) is 55.8. The van der Waals surface area contributed by atoms with E-state index in [1.165, 1.54) is 79.9 Å². The minimum absolute atomic E-state index is 0. The third kappa shape index (κ3) is 14.4. The van der Waals surface area contributed by atoms with E-state index in [0.29, 0.717) is 56.2 Å². The number of ether oxygens (including phenoxy) is 1. The first-order chi connectivity index (χ1) is 38.7. The number of fused-ring (bicyclic) bond motifs is 9. The molecule has 0 aliphatic heterocycles. The molecular formula is C61H63BrCl3Cs2N9O6. The Morgan fingerprint density at radius 1 is 0.573 bits per heavy atom. The number of pyridine rings is 3. The van der Waals surface area contributed by atoms with Gasteiger partial charge in [0.05, 0.1) is 28.1 Å². The summed E-state index contributed by atoms with van der Waals surface area (Å²) in [6.45, 7) is 5.94. The molecule has 418 valence electrons. The average molecular weight is 1470 g/mol. The van der Waals surface area contributed by atoms with Gasteiger partial charge in [-0.2, -0.15) is 4.98 Å². The molecule has 6 aliphatic rings. The smallest absolute Gasteiger partial charge is 1.00 e. The standard InChI is InChI=1S/2C20H20ClN3O.C13H10ClN3O.C7H11Br.CH2O3.2Cs.H/c1-12-2-6-15(7-3-12)23-19-16(8-9-18(21)22-19)24(20(23)25)17-11-13-4-5-14(17)10-13;1-12-2-6-15(7-3-12)24-19-16(8-9-18(21)23-19)22-20(24)25-17-11-13-4-5-14(17)10-13;1-8-2-4-9(5-3-8)17-12-10(15-13(17)18)6-7-11(14)16-12;8-7-4-5-1-2-6(7)3-5;2-1-4-3;;;/h2*2-3,6-9,13-14,17H,4-5,10-11H2,1H3;2-7H,1H3,(H,15,18);5-7H,1-4H2;1,3H;;;/q;;;;;2*+1;-1/p-1. The van der Waals surface area contributed by atoms with E-state index in [1.807, 2.05) is 83.6 Å². The second-order valence-electron chi connectivity index (χ2n) is 22.4. The van der Waals surface area contributed by atoms with Gasteiger partial charge < -0.3 is 21.3 Å². The number of carbonyl (C=O) groups excluding carboxylic acids is 1. The van der Waals surface area contributed by atoms with Crippen LogP contribution < -0.4 is 159 Å². The Hall–Kier alpha value is -2.20. The topological polar surface area (TPSA) is 180 Å². The minimum Gasteiger partial charge on any atom is -1.00 e. The number of rotatable bonds is 7. The summed E-state index contributed by atoms with van der Waals surface area (Å²) in [5.41, 5.74) is 10.2. The molecule has 82 heavy (non-hydrogen) atoms. The van der Waals surface area contributed by atoms with E-state index >= 15 is 0 Å². The van der Waals surface area contributed by atoms with Crippen molar-refractivity contribution in [1.82, 2.24) is 43.2 Å². The number of benzene rings is 3. The van der Waals surface area contributed by atoms with Crippen LogP contribution in [-0.4, -0.2) is 60.6 Å². The second-order valence-corrected chi connectivity index (χ2v) is 24.7. The van der Waals surface area contributed by atoms with E-state index in [4.69, 9.17) is 54.6 Å². The van der Waals surface area contributed by atoms with Crippen molar-refractivity contribution in [2.75, 3.05) is 0 Å². The second kappa shape index (κ2) is 28.8. The predicted molar refractivity (Wildman–Crippen MR) is 316 cm³/mol. The Kier molecular flexibility index (Phi) is 22.5. The number of H-pyrrole nitrogens is 1. The Balaban J connectivity index is 0.000000147. The molecule has 0 saturated heterocycles. The molecule has 6 bridgehead atoms. The number of nitrogens with one attached hydrogen (secondary N) is 1. The molecule has 0 amide bonds. The van der Waals surface area contributed by atoms with E-state index in [1.54, 1.807) is 28.8 Å². The van der Waals surface area contributed by atoms with Crippen LogP contribution in [-0.2, 0) is 9.68 Å². The third-order valence-corrected chi connectivity index (χ3v) is 18.9. The molecule has 6 fully saturated rings. The van der Waals surface area contributed by atoms with E-state index in [9.17, 15) is 9.59 Å². The normalized spacial score (nSPS) is 23.1. The molecule has 6 aromatic heterocycles. The van der Waals surface area contributed by atoms with E-state index < -0.39 is 0 Å². The summed E-state index contributed by atoms with van der Waals surface area (Å²) < 4.78 is 13.6. The van der Waals surface area contributed by atoms with Crippen LogP contribution in [0.25, 0.3) is 50.6 Å². The van der Waals surface area contributed by atoms with Gasteiger partial charge in [-0.1, -0.05) is 117 Å². The largest absolute Gasteiger partial charge is 1.00 e. The van der Waals surface area contributed by atoms with Crippen LogP contribution in [0.2, 0.25) is 15.5 Å². The van der Waals surface area contributed by atoms with Crippen LogP contribution in [0.5, 0.6) is 6.01 Å². The van der Waals surface area contributed by atoms with Gasteiger partial charge in [0, 0.05) is 10.9 Å². The first kappa shape index (κ1) is 64.3. The zero-order valence-corrected chi connectivity index (χ0v) is 63.1. The third-order valence-electron chi connectivity index (χ3n) is 17.2. The maximum absolute atomic E-state index is 13.4. The van der Waals surface area contributed by atoms with Gasteiger partial charge in [-0.05, 0) is 193 Å². The summed E-state index contributed by atoms with van der Waals surface area (Å²) >= 11 is 21.9. The number of imidazole rings is 3. The molecule has 6 heterocycles. The molecule has 1 N–H and O–H groups in total. The molecule has 9 unspecified atom stereocenters. The fourth-order valence-electron chi connectivity index (χ4n) is 13.3. The molecular weight excluding hydrogens is 1410 g/mol. The zero-order valence-electron chi connectivity index (χ0n) is 47.7. The van der Waals surface area contributed by atoms with Crippen molar-refractivity contribution in [3.63, 3.8) is 0 Å². The average Bonchev–Trinajstić information content (AvgIpc) is 4.52. The molecule has 15 nitrogen and oxygen atoms in total. The van der Waals surface area contributed by atoms with Gasteiger partial charge >= 0.3 is 155 Å². The molecule has 6 saturated carbocycles. The first-order valence-electron chi connectivity index (χ1n) is 27.6. The van der Waals surface area contributed by atoms with Crippen LogP contribution in [0.1, 0.15) is 101 Å². The Labute approximate surface area is 618 Å². The van der Waals surface area contributed by atoms with Crippen LogP contribution in [0, 0.1) is 56.3 Å². The summed E-state index contributed by atoms with van der Waals surface area (Å²) in [4.78, 5) is 58.2. The van der Waals surface area contributed by atoms with Crippen molar-refractivity contribution in [2.24, 2.45) is 35.5 Å². The van der Waals surface area contributed by atoms with Crippen molar-refractivity contribution in [3.05, 3.63) is 162 Å². The molecule has 15 rings (SSSR count). The number of aromatic amines is 1. The number of nitrogens with zero attached hydrogens (tertiary/aromatic N) is 8. The number of aromatic nitrogens is 9. The number of carbonyl (C=O) groups is 1. The van der Waals surface area contributed by atoms with Crippen LogP contribution in [0.4, 0.5) is 0 Å². The molecule has 0 spiro atoms. The summed E-state index contributed by atoms with van der Waals surface area (Å²) in [5.74, 6) is 5.06. The first-order valence-corrected chi connectivity index (χ1v) is 29.6. The molecule has 3 aromatic carbocycles. The van der Waals surface area contributed by atoms with Gasteiger partial charge in [0.1, 0.15) is 27.1 Å². The molecule has 0 radical (unpaired) electrons. The Morgan fingerprint density at radius 2 is 1.06 bits per heavy atom. The Morgan fingerprint density at radius 3 is 1.55 bits per heavy atom. The van der Waals surface area contributed by atoms with Crippen LogP contribution in [0.15, 0.2) is 119 Å². The van der Waals surface area contributed by atoms with Crippen molar-refractivity contribution >= 4 is 90.7 Å².